The van der Waals surface area contributed by atoms with Crippen LogP contribution in [-0.4, -0.2) is 23.6 Å². The van der Waals surface area contributed by atoms with E-state index in [1.807, 2.05) is 0 Å². The van der Waals surface area contributed by atoms with Crippen LogP contribution in [0.5, 0.6) is 5.88 Å². The van der Waals surface area contributed by atoms with Gasteiger partial charge in [-0.05, 0) is 12.3 Å². The van der Waals surface area contributed by atoms with Gasteiger partial charge in [-0.2, -0.15) is 9.97 Å². The van der Waals surface area contributed by atoms with Gasteiger partial charge in [-0.25, -0.2) is 0 Å². The molecule has 5 nitrogen and oxygen atoms in total. The van der Waals surface area contributed by atoms with E-state index in [1.165, 1.54) is 0 Å². The van der Waals surface area contributed by atoms with E-state index in [9.17, 15) is 0 Å². The number of aromatic nitrogens is 2. The number of anilines is 2. The molecule has 84 valence electrons. The van der Waals surface area contributed by atoms with Crippen LogP contribution in [0, 0.1) is 5.92 Å². The minimum absolute atomic E-state index is 0.224. The molecule has 1 rings (SSSR count). The zero-order chi connectivity index (χ0) is 11.3. The highest BCUT2D eigenvalue weighted by molar-refractivity contribution is 5.42. The topological polar surface area (TPSA) is 73.1 Å². The number of nitrogen functional groups attached to an aromatic ring is 1. The van der Waals surface area contributed by atoms with E-state index >= 15 is 0 Å². The molecule has 1 heterocycles. The highest BCUT2D eigenvalue weighted by atomic mass is 16.5. The summed E-state index contributed by atoms with van der Waals surface area (Å²) in [5, 5.41) is 3.18. The van der Waals surface area contributed by atoms with Crippen LogP contribution in [-0.2, 0) is 0 Å². The fourth-order valence-corrected chi connectivity index (χ4v) is 1.13. The van der Waals surface area contributed by atoms with E-state index in [0.29, 0.717) is 17.6 Å². The van der Waals surface area contributed by atoms with Crippen LogP contribution in [0.4, 0.5) is 11.8 Å². The van der Waals surface area contributed by atoms with Crippen LogP contribution in [0.3, 0.4) is 0 Å². The first-order chi connectivity index (χ1) is 7.11. The van der Waals surface area contributed by atoms with Crippen LogP contribution in [0.25, 0.3) is 0 Å². The van der Waals surface area contributed by atoms with Crippen molar-refractivity contribution >= 4 is 11.8 Å². The monoisotopic (exact) mass is 210 g/mol. The molecule has 0 fully saturated rings. The van der Waals surface area contributed by atoms with Crippen molar-refractivity contribution in [2.75, 3.05) is 24.7 Å². The Bertz CT molecular complexity index is 314. The van der Waals surface area contributed by atoms with Gasteiger partial charge in [-0.3, -0.25) is 0 Å². The second kappa shape index (κ2) is 5.38. The highest BCUT2D eigenvalue weighted by Gasteiger charge is 2.02. The highest BCUT2D eigenvalue weighted by Crippen LogP contribution is 2.14. The quantitative estimate of drug-likeness (QED) is 0.771. The number of nitrogens with one attached hydrogen (secondary N) is 1. The minimum atomic E-state index is 0.224. The van der Waals surface area contributed by atoms with Crippen LogP contribution < -0.4 is 15.8 Å². The maximum atomic E-state index is 5.52. The molecule has 1 aromatic heterocycles. The van der Waals surface area contributed by atoms with Crippen molar-refractivity contribution in [1.29, 1.82) is 0 Å². The zero-order valence-electron chi connectivity index (χ0n) is 9.45. The molecule has 0 saturated carbocycles. The average Bonchev–Trinajstić information content (AvgIpc) is 2.16. The second-order valence-electron chi connectivity index (χ2n) is 3.76. The fourth-order valence-electron chi connectivity index (χ4n) is 1.13. The number of methoxy groups -OCH3 is 1. The van der Waals surface area contributed by atoms with E-state index in [1.54, 1.807) is 13.2 Å². The Labute approximate surface area is 90.1 Å². The Morgan fingerprint density at radius 1 is 1.47 bits per heavy atom. The summed E-state index contributed by atoms with van der Waals surface area (Å²) in [6, 6.07) is 1.73. The molecular formula is C10H18N4O. The molecule has 0 spiro atoms. The van der Waals surface area contributed by atoms with Gasteiger partial charge in [-0.15, -0.1) is 0 Å². The standard InChI is InChI=1S/C10H18N4O/c1-7(2)4-5-12-8-6-9(15-3)14-10(11)13-8/h6-7H,4-5H2,1-3H3,(H3,11,12,13,14). The third-order valence-electron chi connectivity index (χ3n) is 1.96. The van der Waals surface area contributed by atoms with Crippen molar-refractivity contribution in [2.45, 2.75) is 20.3 Å². The van der Waals surface area contributed by atoms with Crippen LogP contribution in [0.2, 0.25) is 0 Å². The number of hydrogen-bond donors (Lipinski definition) is 2. The molecule has 0 bridgehead atoms. The van der Waals surface area contributed by atoms with Crippen molar-refractivity contribution < 1.29 is 4.74 Å². The van der Waals surface area contributed by atoms with Gasteiger partial charge in [0.05, 0.1) is 7.11 Å². The Morgan fingerprint density at radius 3 is 2.80 bits per heavy atom. The molecule has 15 heavy (non-hydrogen) atoms. The molecule has 0 aliphatic rings. The second-order valence-corrected chi connectivity index (χ2v) is 3.76. The number of ether oxygens (including phenoxy) is 1. The van der Waals surface area contributed by atoms with Crippen LogP contribution in [0.1, 0.15) is 20.3 Å². The third kappa shape index (κ3) is 4.01. The van der Waals surface area contributed by atoms with Gasteiger partial charge in [0.1, 0.15) is 5.82 Å². The number of nitrogens with zero attached hydrogens (tertiary/aromatic N) is 2. The summed E-state index contributed by atoms with van der Waals surface area (Å²) < 4.78 is 4.99. The SMILES string of the molecule is COc1cc(NCCC(C)C)nc(N)n1. The van der Waals surface area contributed by atoms with E-state index in [0.717, 1.165) is 13.0 Å². The summed E-state index contributed by atoms with van der Waals surface area (Å²) in [6.45, 7) is 5.23. The van der Waals surface area contributed by atoms with Gasteiger partial charge in [0.15, 0.2) is 0 Å². The zero-order valence-corrected chi connectivity index (χ0v) is 9.45. The molecule has 0 saturated heterocycles. The Balaban J connectivity index is 2.56. The lowest BCUT2D eigenvalue weighted by molar-refractivity contribution is 0.398. The summed E-state index contributed by atoms with van der Waals surface area (Å²) in [6.07, 6.45) is 1.09. The predicted molar refractivity (Wildman–Crippen MR) is 60.9 cm³/mol. The molecule has 0 aromatic carbocycles. The van der Waals surface area contributed by atoms with Gasteiger partial charge in [-0.1, -0.05) is 13.8 Å². The first-order valence-electron chi connectivity index (χ1n) is 5.04. The van der Waals surface area contributed by atoms with Gasteiger partial charge in [0.2, 0.25) is 11.8 Å². The maximum Gasteiger partial charge on any atom is 0.225 e. The first-order valence-corrected chi connectivity index (χ1v) is 5.04. The van der Waals surface area contributed by atoms with Crippen molar-refractivity contribution in [1.82, 2.24) is 9.97 Å². The van der Waals surface area contributed by atoms with Crippen molar-refractivity contribution in [2.24, 2.45) is 5.92 Å². The Morgan fingerprint density at radius 2 is 2.20 bits per heavy atom. The molecule has 0 amide bonds. The summed E-state index contributed by atoms with van der Waals surface area (Å²) in [5.74, 6) is 2.08. The van der Waals surface area contributed by atoms with E-state index in [-0.39, 0.29) is 5.95 Å². The Hall–Kier alpha value is -1.52. The molecule has 0 unspecified atom stereocenters. The molecular weight excluding hydrogens is 192 g/mol. The average molecular weight is 210 g/mol. The van der Waals surface area contributed by atoms with E-state index < -0.39 is 0 Å². The van der Waals surface area contributed by atoms with E-state index in [4.69, 9.17) is 10.5 Å². The summed E-state index contributed by atoms with van der Waals surface area (Å²) in [4.78, 5) is 7.95. The molecule has 0 aliphatic heterocycles. The van der Waals surface area contributed by atoms with E-state index in [2.05, 4.69) is 29.1 Å². The fraction of sp³-hybridized carbons (Fsp3) is 0.600. The minimum Gasteiger partial charge on any atom is -0.481 e. The molecule has 0 aliphatic carbocycles. The lowest BCUT2D eigenvalue weighted by atomic mass is 10.1. The van der Waals surface area contributed by atoms with Crippen LogP contribution in [0.15, 0.2) is 6.07 Å². The molecule has 3 N–H and O–H groups in total. The predicted octanol–water partition coefficient (Wildman–Crippen LogP) is 1.53. The van der Waals surface area contributed by atoms with Crippen molar-refractivity contribution in [3.8, 4) is 5.88 Å². The maximum absolute atomic E-state index is 5.52. The largest absolute Gasteiger partial charge is 0.481 e. The van der Waals surface area contributed by atoms with Gasteiger partial charge in [0.25, 0.3) is 0 Å². The molecule has 5 heteroatoms. The smallest absolute Gasteiger partial charge is 0.225 e. The molecule has 1 aromatic rings. The third-order valence-corrected chi connectivity index (χ3v) is 1.96. The normalized spacial score (nSPS) is 10.4. The van der Waals surface area contributed by atoms with Gasteiger partial charge >= 0.3 is 0 Å². The number of hydrogen-bond acceptors (Lipinski definition) is 5. The van der Waals surface area contributed by atoms with Crippen molar-refractivity contribution in [3.63, 3.8) is 0 Å². The summed E-state index contributed by atoms with van der Waals surface area (Å²) in [5.41, 5.74) is 5.52. The van der Waals surface area contributed by atoms with Gasteiger partial charge < -0.3 is 15.8 Å². The molecule has 0 atom stereocenters. The van der Waals surface area contributed by atoms with Crippen molar-refractivity contribution in [3.05, 3.63) is 6.07 Å². The first kappa shape index (κ1) is 11.6. The van der Waals surface area contributed by atoms with Gasteiger partial charge in [0, 0.05) is 12.6 Å². The summed E-state index contributed by atoms with van der Waals surface area (Å²) >= 11 is 0. The Kier molecular flexibility index (Phi) is 4.15. The number of nitrogens with two attached hydrogens (primary N) is 1. The summed E-state index contributed by atoms with van der Waals surface area (Å²) in [7, 11) is 1.56. The van der Waals surface area contributed by atoms with Crippen LogP contribution >= 0.6 is 0 Å². The number of rotatable bonds is 5. The molecule has 0 radical (unpaired) electrons. The lowest BCUT2D eigenvalue weighted by Gasteiger charge is -2.08. The lowest BCUT2D eigenvalue weighted by Crippen LogP contribution is -2.08.